The summed E-state index contributed by atoms with van der Waals surface area (Å²) < 4.78 is 75.1. The Morgan fingerprint density at radius 2 is 1.86 bits per heavy atom. The van der Waals surface area contributed by atoms with E-state index in [4.69, 9.17) is 16.0 Å². The van der Waals surface area contributed by atoms with Gasteiger partial charge in [-0.1, -0.05) is 36.2 Å². The molecular formula is C27H25ClF3N5O6S. The SMILES string of the molecule is Cc1c(NC(=O)[C@@H]2CCC[C@H](c3nnc(-c4cc(Cl)ccc4OS(=O)(=O)C(F)(F)F)o3)C2)c(=O)n(-c2ccccc2)n1C. The molecule has 5 rings (SSSR count). The molecule has 2 heterocycles. The number of nitrogens with one attached hydrogen (secondary N) is 1. The maximum Gasteiger partial charge on any atom is 0.534 e. The van der Waals surface area contributed by atoms with Crippen LogP contribution in [0.2, 0.25) is 5.02 Å². The van der Waals surface area contributed by atoms with Crippen LogP contribution in [0.25, 0.3) is 17.1 Å². The molecule has 0 aliphatic heterocycles. The van der Waals surface area contributed by atoms with Crippen LogP contribution in [0.4, 0.5) is 18.9 Å². The second-order valence-electron chi connectivity index (χ2n) is 10.1. The Bertz CT molecular complexity index is 1840. The minimum atomic E-state index is -5.98. The number of carbonyl (C=O) groups excluding carboxylic acids is 1. The number of hydrogen-bond acceptors (Lipinski definition) is 8. The third kappa shape index (κ3) is 6.04. The van der Waals surface area contributed by atoms with E-state index in [0.717, 1.165) is 18.2 Å². The summed E-state index contributed by atoms with van der Waals surface area (Å²) in [4.78, 5) is 26.5. The molecule has 1 amide bonds. The second kappa shape index (κ2) is 11.5. The third-order valence-corrected chi connectivity index (χ3v) is 8.49. The van der Waals surface area contributed by atoms with Crippen LogP contribution in [0.1, 0.15) is 43.2 Å². The number of carbonyl (C=O) groups is 1. The predicted octanol–water partition coefficient (Wildman–Crippen LogP) is 5.33. The highest BCUT2D eigenvalue weighted by atomic mass is 35.5. The summed E-state index contributed by atoms with van der Waals surface area (Å²) in [5.74, 6) is -2.13. The van der Waals surface area contributed by atoms with E-state index in [1.54, 1.807) is 42.9 Å². The summed E-state index contributed by atoms with van der Waals surface area (Å²) in [6, 6.07) is 12.2. The van der Waals surface area contributed by atoms with Crippen molar-refractivity contribution >= 4 is 33.3 Å². The average Bonchev–Trinajstić information content (AvgIpc) is 3.53. The average molecular weight is 640 g/mol. The van der Waals surface area contributed by atoms with Gasteiger partial charge in [-0.2, -0.15) is 21.6 Å². The number of hydrogen-bond donors (Lipinski definition) is 1. The van der Waals surface area contributed by atoms with Crippen molar-refractivity contribution in [1.82, 2.24) is 19.6 Å². The molecule has 1 aliphatic rings. The summed E-state index contributed by atoms with van der Waals surface area (Å²) in [7, 11) is -4.26. The molecule has 0 spiro atoms. The number of rotatable bonds is 7. The molecular weight excluding hydrogens is 615 g/mol. The third-order valence-electron chi connectivity index (χ3n) is 7.29. The summed E-state index contributed by atoms with van der Waals surface area (Å²) in [5.41, 5.74) is -4.90. The molecule has 4 aromatic rings. The van der Waals surface area contributed by atoms with Crippen molar-refractivity contribution in [3.05, 3.63) is 75.5 Å². The molecule has 16 heteroatoms. The lowest BCUT2D eigenvalue weighted by Gasteiger charge is -2.26. The van der Waals surface area contributed by atoms with Crippen molar-refractivity contribution in [1.29, 1.82) is 0 Å². The van der Waals surface area contributed by atoms with Gasteiger partial charge in [0.25, 0.3) is 11.4 Å². The lowest BCUT2D eigenvalue weighted by Crippen LogP contribution is -2.30. The van der Waals surface area contributed by atoms with Crippen molar-refractivity contribution in [2.24, 2.45) is 13.0 Å². The minimum absolute atomic E-state index is 0.0587. The van der Waals surface area contributed by atoms with Crippen LogP contribution >= 0.6 is 11.6 Å². The van der Waals surface area contributed by atoms with E-state index in [1.807, 2.05) is 6.07 Å². The maximum absolute atomic E-state index is 13.3. The highest BCUT2D eigenvalue weighted by Crippen LogP contribution is 2.40. The van der Waals surface area contributed by atoms with Crippen LogP contribution in [0.3, 0.4) is 0 Å². The Kier molecular flexibility index (Phi) is 8.13. The van der Waals surface area contributed by atoms with Crippen molar-refractivity contribution in [2.45, 2.75) is 44.0 Å². The summed E-state index contributed by atoms with van der Waals surface area (Å²) in [5, 5.41) is 10.7. The van der Waals surface area contributed by atoms with Gasteiger partial charge >= 0.3 is 15.6 Å². The highest BCUT2D eigenvalue weighted by molar-refractivity contribution is 7.88. The van der Waals surface area contributed by atoms with Gasteiger partial charge in [0.05, 0.1) is 16.9 Å². The van der Waals surface area contributed by atoms with E-state index in [0.29, 0.717) is 37.1 Å². The van der Waals surface area contributed by atoms with Gasteiger partial charge in [-0.25, -0.2) is 4.68 Å². The van der Waals surface area contributed by atoms with Crippen molar-refractivity contribution < 1.29 is 35.0 Å². The lowest BCUT2D eigenvalue weighted by molar-refractivity contribution is -0.121. The molecule has 1 aliphatic carbocycles. The molecule has 2 aromatic carbocycles. The number of aromatic nitrogens is 4. The molecule has 1 saturated carbocycles. The zero-order valence-corrected chi connectivity index (χ0v) is 24.3. The van der Waals surface area contributed by atoms with Gasteiger partial charge in [-0.3, -0.25) is 14.3 Å². The number of halogens is 4. The first-order valence-corrected chi connectivity index (χ1v) is 14.8. The molecule has 2 atom stereocenters. The maximum atomic E-state index is 13.3. The van der Waals surface area contributed by atoms with Crippen LogP contribution in [-0.2, 0) is 22.0 Å². The highest BCUT2D eigenvalue weighted by Gasteiger charge is 2.49. The monoisotopic (exact) mass is 639 g/mol. The Morgan fingerprint density at radius 3 is 2.56 bits per heavy atom. The topological polar surface area (TPSA) is 138 Å². The number of anilines is 1. The fourth-order valence-corrected chi connectivity index (χ4v) is 5.65. The summed E-state index contributed by atoms with van der Waals surface area (Å²) >= 11 is 5.99. The first-order chi connectivity index (χ1) is 20.3. The molecule has 0 radical (unpaired) electrons. The first-order valence-electron chi connectivity index (χ1n) is 13.1. The smallest absolute Gasteiger partial charge is 0.420 e. The van der Waals surface area contributed by atoms with E-state index >= 15 is 0 Å². The van der Waals surface area contributed by atoms with Gasteiger partial charge < -0.3 is 13.9 Å². The predicted molar refractivity (Wildman–Crippen MR) is 149 cm³/mol. The molecule has 0 unspecified atom stereocenters. The summed E-state index contributed by atoms with van der Waals surface area (Å²) in [6.45, 7) is 1.73. The van der Waals surface area contributed by atoms with Crippen LogP contribution in [0.15, 0.2) is 57.7 Å². The van der Waals surface area contributed by atoms with Gasteiger partial charge in [0.2, 0.25) is 11.8 Å². The Labute approximate surface area is 248 Å². The van der Waals surface area contributed by atoms with E-state index in [1.165, 1.54) is 4.68 Å². The van der Waals surface area contributed by atoms with Gasteiger partial charge in [-0.15, -0.1) is 10.2 Å². The normalized spacial score (nSPS) is 17.5. The Balaban J connectivity index is 1.35. The number of nitrogens with zero attached hydrogens (tertiary/aromatic N) is 4. The molecule has 1 N–H and O–H groups in total. The Morgan fingerprint density at radius 1 is 1.14 bits per heavy atom. The van der Waals surface area contributed by atoms with Gasteiger partial charge in [0, 0.05) is 23.9 Å². The van der Waals surface area contributed by atoms with Crippen molar-refractivity contribution in [3.8, 4) is 22.9 Å². The van der Waals surface area contributed by atoms with Gasteiger partial charge in [0.1, 0.15) is 5.69 Å². The van der Waals surface area contributed by atoms with Crippen LogP contribution in [0.5, 0.6) is 5.75 Å². The number of benzene rings is 2. The standard InChI is InChI=1S/C27H25ClF3N5O6S/c1-15-22(26(38)36(35(15)2)19-9-4-3-5-10-19)32-23(37)16-7-6-8-17(13-16)24-33-34-25(41-24)20-14-18(28)11-12-21(20)42-43(39,40)27(29,30)31/h3-5,9-12,14,16-17H,6-8,13H2,1-2H3,(H,32,37)/t16-,17+/m1/s1. The summed E-state index contributed by atoms with van der Waals surface area (Å²) in [6.07, 6.45) is 2.05. The fourth-order valence-electron chi connectivity index (χ4n) is 5.01. The quantitative estimate of drug-likeness (QED) is 0.212. The molecule has 11 nitrogen and oxygen atoms in total. The zero-order valence-electron chi connectivity index (χ0n) is 22.8. The van der Waals surface area contributed by atoms with Crippen LogP contribution in [-0.4, -0.2) is 39.4 Å². The van der Waals surface area contributed by atoms with E-state index < -0.39 is 27.3 Å². The molecule has 0 bridgehead atoms. The number of alkyl halides is 3. The van der Waals surface area contributed by atoms with E-state index in [-0.39, 0.29) is 45.4 Å². The Hall–Kier alpha value is -4.11. The van der Waals surface area contributed by atoms with Crippen molar-refractivity contribution in [3.63, 3.8) is 0 Å². The first kappa shape index (κ1) is 30.4. The second-order valence-corrected chi connectivity index (χ2v) is 12.0. The number of para-hydroxylation sites is 1. The van der Waals surface area contributed by atoms with Crippen LogP contribution < -0.4 is 15.1 Å². The minimum Gasteiger partial charge on any atom is -0.420 e. The molecule has 43 heavy (non-hydrogen) atoms. The van der Waals surface area contributed by atoms with Gasteiger partial charge in [0.15, 0.2) is 5.75 Å². The molecule has 228 valence electrons. The van der Waals surface area contributed by atoms with E-state index in [9.17, 15) is 31.2 Å². The van der Waals surface area contributed by atoms with Gasteiger partial charge in [-0.05, 0) is 56.5 Å². The lowest BCUT2D eigenvalue weighted by atomic mass is 9.81. The molecule has 1 fully saturated rings. The molecule has 2 aromatic heterocycles. The van der Waals surface area contributed by atoms with Crippen molar-refractivity contribution in [2.75, 3.05) is 5.32 Å². The largest absolute Gasteiger partial charge is 0.534 e. The fraction of sp³-hybridized carbons (Fsp3) is 0.333. The van der Waals surface area contributed by atoms with E-state index in [2.05, 4.69) is 19.7 Å². The van der Waals surface area contributed by atoms with Crippen LogP contribution in [0, 0.1) is 12.8 Å². The molecule has 0 saturated heterocycles. The zero-order chi connectivity index (χ0) is 31.1. The number of amides is 1.